The van der Waals surface area contributed by atoms with E-state index in [4.69, 9.17) is 0 Å². The highest BCUT2D eigenvalue weighted by molar-refractivity contribution is 7.81. The standard InChI is InChI=1S/C38H42N4.C36H36N2.C2H6O4S/c1-29(39(3)35-21-25-37(26-22-35)41(5)33-13-9-7-10-14-33)31-17-19-32(20-18-31)30(2)40(4)36-23-27-38(28-24-36)42(6)34-15-11-8-12-16-34;1-27(25-30-13-23-36(24-14-30)38-34-11-7-4-8-12-34)32-17-19-33(20-18-32)28(2)37-35-21-15-31(16-22-35)26-29-9-5-3-6-10-29;1-5-7(3,4)6-2/h7-30H,1-6H3;3-24,27-28,37-38H,25-26H2,1-2H3;1-2H3. The Morgan fingerprint density at radius 1 is 0.356 bits per heavy atom. The zero-order valence-electron chi connectivity index (χ0n) is 52.0. The number of hydrogen-bond acceptors (Lipinski definition) is 10. The fraction of sp³-hybridized carbons (Fsp3) is 0.211. The van der Waals surface area contributed by atoms with Gasteiger partial charge in [-0.1, -0.05) is 165 Å². The molecule has 0 saturated carbocycles. The van der Waals surface area contributed by atoms with Crippen molar-refractivity contribution in [2.45, 2.75) is 64.6 Å². The van der Waals surface area contributed by atoms with Crippen LogP contribution in [0.1, 0.15) is 90.7 Å². The van der Waals surface area contributed by atoms with Crippen LogP contribution in [0.25, 0.3) is 0 Å². The van der Waals surface area contributed by atoms with Gasteiger partial charge in [-0.2, -0.15) is 8.42 Å². The first-order chi connectivity index (χ1) is 42.1. The van der Waals surface area contributed by atoms with Crippen molar-refractivity contribution < 1.29 is 16.8 Å². The van der Waals surface area contributed by atoms with E-state index < -0.39 is 10.4 Å². The van der Waals surface area contributed by atoms with E-state index in [0.717, 1.165) is 44.1 Å². The van der Waals surface area contributed by atoms with Gasteiger partial charge in [-0.15, -0.1) is 0 Å². The molecule has 10 aromatic rings. The molecule has 0 fully saturated rings. The molecule has 4 unspecified atom stereocenters. The number of rotatable bonds is 22. The van der Waals surface area contributed by atoms with Gasteiger partial charge in [0.2, 0.25) is 0 Å². The Bertz CT molecular complexity index is 3470. The van der Waals surface area contributed by atoms with E-state index in [9.17, 15) is 8.42 Å². The molecule has 0 amide bonds. The maximum atomic E-state index is 9.92. The molecule has 11 heteroatoms. The predicted molar refractivity (Wildman–Crippen MR) is 367 cm³/mol. The lowest BCUT2D eigenvalue weighted by Crippen LogP contribution is -2.23. The minimum absolute atomic E-state index is 0.240. The van der Waals surface area contributed by atoms with Crippen molar-refractivity contribution in [3.05, 3.63) is 306 Å². The Balaban J connectivity index is 0.000000204. The number of nitrogens with one attached hydrogen (secondary N) is 2. The fourth-order valence-corrected chi connectivity index (χ4v) is 10.5. The molecule has 10 rings (SSSR count). The van der Waals surface area contributed by atoms with Crippen LogP contribution in [-0.4, -0.2) is 50.8 Å². The molecule has 10 aromatic carbocycles. The highest BCUT2D eigenvalue weighted by Gasteiger charge is 2.18. The Hall–Kier alpha value is -9.13. The average Bonchev–Trinajstić information content (AvgIpc) is 3.36. The molecular formula is C76H84N6O4S. The number of nitrogens with zero attached hydrogens (tertiary/aromatic N) is 4. The van der Waals surface area contributed by atoms with E-state index in [0.29, 0.717) is 5.92 Å². The molecule has 0 spiro atoms. The van der Waals surface area contributed by atoms with Gasteiger partial charge in [-0.05, 0) is 188 Å². The molecule has 4 atom stereocenters. The second-order valence-electron chi connectivity index (χ2n) is 22.0. The van der Waals surface area contributed by atoms with E-state index in [1.165, 1.54) is 73.1 Å². The molecule has 87 heavy (non-hydrogen) atoms. The Kier molecular flexibility index (Phi) is 23.0. The monoisotopic (exact) mass is 1180 g/mol. The predicted octanol–water partition coefficient (Wildman–Crippen LogP) is 18.7. The highest BCUT2D eigenvalue weighted by atomic mass is 32.3. The summed E-state index contributed by atoms with van der Waals surface area (Å²) in [5.74, 6) is 0.456. The van der Waals surface area contributed by atoms with E-state index in [1.54, 1.807) is 0 Å². The lowest BCUT2D eigenvalue weighted by molar-refractivity contribution is 0.286. The van der Waals surface area contributed by atoms with E-state index in [-0.39, 0.29) is 18.1 Å². The third kappa shape index (κ3) is 18.4. The number of benzene rings is 10. The SMILES string of the molecule is CC(Cc1ccc(Nc2ccccc2)cc1)c1ccc(C(C)Nc2ccc(Cc3ccccc3)cc2)cc1.CC(c1ccc(C(C)N(C)c2ccc(N(C)c3ccccc3)cc2)cc1)N(C)c1ccc(N(C)c2ccccc2)cc1.COS(=O)(=O)OC. The van der Waals surface area contributed by atoms with Crippen LogP contribution in [0.5, 0.6) is 0 Å². The molecule has 0 saturated heterocycles. The topological polar surface area (TPSA) is 89.6 Å². The quantitative estimate of drug-likeness (QED) is 0.0684. The zero-order chi connectivity index (χ0) is 61.7. The van der Waals surface area contributed by atoms with Gasteiger partial charge in [0.25, 0.3) is 0 Å². The summed E-state index contributed by atoms with van der Waals surface area (Å²) < 4.78 is 27.5. The smallest absolute Gasteiger partial charge is 0.379 e. The Labute approximate surface area is 518 Å². The second-order valence-corrected chi connectivity index (χ2v) is 23.5. The summed E-state index contributed by atoms with van der Waals surface area (Å²) in [7, 11) is 6.95. The molecule has 0 bridgehead atoms. The van der Waals surface area contributed by atoms with Gasteiger partial charge in [0.1, 0.15) is 0 Å². The van der Waals surface area contributed by atoms with Crippen LogP contribution >= 0.6 is 0 Å². The minimum atomic E-state index is -3.66. The summed E-state index contributed by atoms with van der Waals surface area (Å²) in [6, 6.07) is 96.0. The minimum Gasteiger partial charge on any atom is -0.379 e. The maximum absolute atomic E-state index is 9.92. The van der Waals surface area contributed by atoms with Crippen LogP contribution in [0.2, 0.25) is 0 Å². The highest BCUT2D eigenvalue weighted by Crippen LogP contribution is 2.34. The summed E-state index contributed by atoms with van der Waals surface area (Å²) >= 11 is 0. The van der Waals surface area contributed by atoms with Crippen LogP contribution in [0.4, 0.5) is 51.2 Å². The van der Waals surface area contributed by atoms with Crippen molar-refractivity contribution >= 4 is 61.6 Å². The van der Waals surface area contributed by atoms with Crippen LogP contribution < -0.4 is 30.2 Å². The summed E-state index contributed by atoms with van der Waals surface area (Å²) in [6.45, 7) is 9.07. The second kappa shape index (κ2) is 31.3. The first-order valence-electron chi connectivity index (χ1n) is 29.7. The van der Waals surface area contributed by atoms with Crippen molar-refractivity contribution in [1.82, 2.24) is 0 Å². The molecule has 2 N–H and O–H groups in total. The van der Waals surface area contributed by atoms with Crippen molar-refractivity contribution in [3.8, 4) is 0 Å². The van der Waals surface area contributed by atoms with Crippen LogP contribution in [-0.2, 0) is 31.6 Å². The van der Waals surface area contributed by atoms with E-state index in [2.05, 4.69) is 331 Å². The van der Waals surface area contributed by atoms with Gasteiger partial charge in [0.05, 0.1) is 26.3 Å². The van der Waals surface area contributed by atoms with Crippen molar-refractivity contribution in [1.29, 1.82) is 0 Å². The molecule has 0 aliphatic heterocycles. The summed E-state index contributed by atoms with van der Waals surface area (Å²) in [5, 5.41) is 7.11. The zero-order valence-corrected chi connectivity index (χ0v) is 52.8. The summed E-state index contributed by atoms with van der Waals surface area (Å²) in [5.41, 5.74) is 19.8. The average molecular weight is 1180 g/mol. The van der Waals surface area contributed by atoms with E-state index in [1.807, 2.05) is 30.3 Å². The van der Waals surface area contributed by atoms with Crippen LogP contribution in [0.15, 0.2) is 267 Å². The van der Waals surface area contributed by atoms with Gasteiger partial charge in [-0.25, -0.2) is 0 Å². The maximum Gasteiger partial charge on any atom is 0.399 e. The van der Waals surface area contributed by atoms with Gasteiger partial charge in [0.15, 0.2) is 0 Å². The third-order valence-electron chi connectivity index (χ3n) is 16.2. The molecular weight excluding hydrogens is 1090 g/mol. The van der Waals surface area contributed by atoms with Crippen molar-refractivity contribution in [3.63, 3.8) is 0 Å². The summed E-state index contributed by atoms with van der Waals surface area (Å²) in [6.07, 6.45) is 1.99. The van der Waals surface area contributed by atoms with Gasteiger partial charge < -0.3 is 30.2 Å². The number of anilines is 9. The first kappa shape index (κ1) is 63.9. The number of para-hydroxylation sites is 3. The Morgan fingerprint density at radius 2 is 0.690 bits per heavy atom. The first-order valence-corrected chi connectivity index (χ1v) is 31.0. The van der Waals surface area contributed by atoms with E-state index >= 15 is 0 Å². The van der Waals surface area contributed by atoms with Gasteiger partial charge >= 0.3 is 10.4 Å². The molecule has 0 aromatic heterocycles. The largest absolute Gasteiger partial charge is 0.399 e. The van der Waals surface area contributed by atoms with Crippen molar-refractivity contribution in [2.75, 3.05) is 72.6 Å². The van der Waals surface area contributed by atoms with Crippen LogP contribution in [0.3, 0.4) is 0 Å². The molecule has 0 heterocycles. The number of hydrogen-bond donors (Lipinski definition) is 2. The molecule has 10 nitrogen and oxygen atoms in total. The molecule has 0 radical (unpaired) electrons. The Morgan fingerprint density at radius 3 is 1.11 bits per heavy atom. The fourth-order valence-electron chi connectivity index (χ4n) is 10.3. The normalized spacial score (nSPS) is 12.3. The molecule has 448 valence electrons. The molecule has 0 aliphatic carbocycles. The third-order valence-corrected chi connectivity index (χ3v) is 17.0. The lowest BCUT2D eigenvalue weighted by Gasteiger charge is -2.30. The van der Waals surface area contributed by atoms with Gasteiger partial charge in [0, 0.05) is 85.4 Å². The lowest BCUT2D eigenvalue weighted by atomic mass is 9.92. The summed E-state index contributed by atoms with van der Waals surface area (Å²) in [4.78, 5) is 9.10. The van der Waals surface area contributed by atoms with Gasteiger partial charge in [-0.3, -0.25) is 8.37 Å². The molecule has 0 aliphatic rings. The van der Waals surface area contributed by atoms with Crippen molar-refractivity contribution in [2.24, 2.45) is 0 Å². The van der Waals surface area contributed by atoms with Crippen LogP contribution in [0, 0.1) is 0 Å².